The zero-order chi connectivity index (χ0) is 13.9. The summed E-state index contributed by atoms with van der Waals surface area (Å²) in [6.45, 7) is 0. The molecule has 0 radical (unpaired) electrons. The highest BCUT2D eigenvalue weighted by atomic mass is 127. The smallest absolute Gasteiger partial charge is 0.250 e. The third-order valence-electron chi connectivity index (χ3n) is 2.62. The molecular formula is C14H10IN3O2. The highest BCUT2D eigenvalue weighted by Gasteiger charge is 2.04. The van der Waals surface area contributed by atoms with Crippen molar-refractivity contribution in [2.45, 2.75) is 0 Å². The number of halogens is 1. The fourth-order valence-electron chi connectivity index (χ4n) is 1.75. The number of amides is 1. The van der Waals surface area contributed by atoms with Gasteiger partial charge in [0.05, 0.1) is 11.0 Å². The molecule has 20 heavy (non-hydrogen) atoms. The number of benzene rings is 1. The number of hydrogen-bond acceptors (Lipinski definition) is 3. The number of aromatic nitrogens is 2. The average Bonchev–Trinajstić information content (AvgIpc) is 3.01. The predicted octanol–water partition coefficient (Wildman–Crippen LogP) is 3.41. The number of nitrogens with one attached hydrogen (secondary N) is 2. The number of fused-ring (bicyclic) bond motifs is 1. The Kier molecular flexibility index (Phi) is 3.55. The van der Waals surface area contributed by atoms with Crippen LogP contribution < -0.4 is 5.32 Å². The van der Waals surface area contributed by atoms with Gasteiger partial charge in [-0.05, 0) is 52.9 Å². The maximum absolute atomic E-state index is 11.8. The number of nitrogens with zero attached hydrogens (tertiary/aromatic N) is 1. The van der Waals surface area contributed by atoms with E-state index in [1.54, 1.807) is 12.1 Å². The molecule has 0 atom stereocenters. The monoisotopic (exact) mass is 379 g/mol. The summed E-state index contributed by atoms with van der Waals surface area (Å²) in [6, 6.07) is 11.2. The van der Waals surface area contributed by atoms with Crippen molar-refractivity contribution >= 4 is 51.6 Å². The van der Waals surface area contributed by atoms with E-state index in [1.807, 2.05) is 30.3 Å². The number of carbonyl (C=O) groups excluding carboxylic acids is 1. The summed E-state index contributed by atoms with van der Waals surface area (Å²) < 4.78 is 6.11. The minimum absolute atomic E-state index is 0.268. The molecule has 2 N–H and O–H groups in total. The van der Waals surface area contributed by atoms with Gasteiger partial charge in [0, 0.05) is 6.08 Å². The van der Waals surface area contributed by atoms with Crippen molar-refractivity contribution in [2.24, 2.45) is 0 Å². The zero-order valence-electron chi connectivity index (χ0n) is 10.3. The van der Waals surface area contributed by atoms with Crippen LogP contribution in [0.3, 0.4) is 0 Å². The second-order valence-corrected chi connectivity index (χ2v) is 5.13. The third kappa shape index (κ3) is 2.90. The van der Waals surface area contributed by atoms with Gasteiger partial charge in [-0.25, -0.2) is 4.98 Å². The van der Waals surface area contributed by atoms with Crippen LogP contribution in [0.5, 0.6) is 0 Å². The van der Waals surface area contributed by atoms with E-state index in [9.17, 15) is 4.79 Å². The van der Waals surface area contributed by atoms with Crippen LogP contribution >= 0.6 is 22.6 Å². The Morgan fingerprint density at radius 2 is 2.15 bits per heavy atom. The molecule has 3 aromatic rings. The summed E-state index contributed by atoms with van der Waals surface area (Å²) in [5, 5.41) is 2.67. The molecule has 0 spiro atoms. The Bertz CT molecular complexity index is 755. The van der Waals surface area contributed by atoms with Gasteiger partial charge in [0.2, 0.25) is 5.95 Å². The van der Waals surface area contributed by atoms with Gasteiger partial charge < -0.3 is 9.40 Å². The van der Waals surface area contributed by atoms with E-state index in [0.717, 1.165) is 14.8 Å². The van der Waals surface area contributed by atoms with Crippen molar-refractivity contribution in [1.82, 2.24) is 9.97 Å². The molecule has 1 aromatic carbocycles. The Labute approximate surface area is 128 Å². The van der Waals surface area contributed by atoms with E-state index in [-0.39, 0.29) is 5.91 Å². The first-order valence-electron chi connectivity index (χ1n) is 5.90. The maximum atomic E-state index is 11.8. The number of rotatable bonds is 3. The summed E-state index contributed by atoms with van der Waals surface area (Å²) in [5.41, 5.74) is 1.69. The standard InChI is InChI=1S/C14H10IN3O2/c15-12-7-5-9(20-12)6-8-13(19)18-14-16-10-3-1-2-4-11(10)17-14/h1-8H,(H2,16,17,18,19)/b8-6+. The molecule has 0 bridgehead atoms. The second kappa shape index (κ2) is 5.49. The minimum Gasteiger partial charge on any atom is -0.451 e. The van der Waals surface area contributed by atoms with Crippen molar-refractivity contribution in [3.8, 4) is 0 Å². The third-order valence-corrected chi connectivity index (χ3v) is 3.20. The van der Waals surface area contributed by atoms with Gasteiger partial charge in [-0.2, -0.15) is 0 Å². The highest BCUT2D eigenvalue weighted by molar-refractivity contribution is 14.1. The first kappa shape index (κ1) is 12.9. The quantitative estimate of drug-likeness (QED) is 0.541. The normalized spacial score (nSPS) is 11.2. The molecule has 1 amide bonds. The Morgan fingerprint density at radius 3 is 2.90 bits per heavy atom. The SMILES string of the molecule is O=C(/C=C/c1ccc(I)o1)Nc1nc2ccccc2[nH]1. The molecule has 0 aliphatic rings. The van der Waals surface area contributed by atoms with Crippen LogP contribution in [0.2, 0.25) is 0 Å². The van der Waals surface area contributed by atoms with Gasteiger partial charge in [-0.15, -0.1) is 0 Å². The molecule has 0 aliphatic carbocycles. The molecule has 0 saturated heterocycles. The van der Waals surface area contributed by atoms with Gasteiger partial charge >= 0.3 is 0 Å². The summed E-state index contributed by atoms with van der Waals surface area (Å²) in [4.78, 5) is 19.1. The number of anilines is 1. The lowest BCUT2D eigenvalue weighted by molar-refractivity contribution is -0.111. The van der Waals surface area contributed by atoms with Gasteiger partial charge in [0.25, 0.3) is 5.91 Å². The summed E-state index contributed by atoms with van der Waals surface area (Å²) in [7, 11) is 0. The fraction of sp³-hybridized carbons (Fsp3) is 0. The largest absolute Gasteiger partial charge is 0.451 e. The number of hydrogen-bond donors (Lipinski definition) is 2. The number of para-hydroxylation sites is 2. The van der Waals surface area contributed by atoms with Gasteiger partial charge in [0.1, 0.15) is 5.76 Å². The first-order chi connectivity index (χ1) is 9.70. The van der Waals surface area contributed by atoms with E-state index in [0.29, 0.717) is 11.7 Å². The van der Waals surface area contributed by atoms with Crippen LogP contribution in [0.4, 0.5) is 5.95 Å². The van der Waals surface area contributed by atoms with Crippen molar-refractivity contribution in [1.29, 1.82) is 0 Å². The Morgan fingerprint density at radius 1 is 1.30 bits per heavy atom. The van der Waals surface area contributed by atoms with Gasteiger partial charge in [-0.1, -0.05) is 12.1 Å². The minimum atomic E-state index is -0.268. The lowest BCUT2D eigenvalue weighted by atomic mass is 10.3. The van der Waals surface area contributed by atoms with Crippen LogP contribution in [0.15, 0.2) is 46.9 Å². The molecule has 0 saturated carbocycles. The summed E-state index contributed by atoms with van der Waals surface area (Å²) >= 11 is 2.07. The van der Waals surface area contributed by atoms with E-state index in [4.69, 9.17) is 4.42 Å². The molecule has 0 aliphatic heterocycles. The average molecular weight is 379 g/mol. The molecule has 0 fully saturated rings. The Balaban J connectivity index is 1.70. The summed E-state index contributed by atoms with van der Waals surface area (Å²) in [6.07, 6.45) is 3.02. The lowest BCUT2D eigenvalue weighted by Crippen LogP contribution is -2.08. The van der Waals surface area contributed by atoms with Crippen molar-refractivity contribution in [3.05, 3.63) is 52.0 Å². The second-order valence-electron chi connectivity index (χ2n) is 4.07. The topological polar surface area (TPSA) is 70.9 Å². The van der Waals surface area contributed by atoms with Crippen LogP contribution in [0.25, 0.3) is 17.1 Å². The maximum Gasteiger partial charge on any atom is 0.250 e. The zero-order valence-corrected chi connectivity index (χ0v) is 12.4. The van der Waals surface area contributed by atoms with Crippen molar-refractivity contribution in [3.63, 3.8) is 0 Å². The van der Waals surface area contributed by atoms with Crippen molar-refractivity contribution < 1.29 is 9.21 Å². The predicted molar refractivity (Wildman–Crippen MR) is 85.2 cm³/mol. The van der Waals surface area contributed by atoms with E-state index in [1.165, 1.54) is 6.08 Å². The molecule has 2 aromatic heterocycles. The van der Waals surface area contributed by atoms with Crippen LogP contribution in [0, 0.1) is 3.77 Å². The van der Waals surface area contributed by atoms with Gasteiger partial charge in [0.15, 0.2) is 3.77 Å². The summed E-state index contributed by atoms with van der Waals surface area (Å²) in [5.74, 6) is 0.791. The lowest BCUT2D eigenvalue weighted by Gasteiger charge is -1.95. The van der Waals surface area contributed by atoms with E-state index >= 15 is 0 Å². The highest BCUT2D eigenvalue weighted by Crippen LogP contribution is 2.14. The molecule has 0 unspecified atom stereocenters. The molecule has 5 nitrogen and oxygen atoms in total. The Hall–Kier alpha value is -2.09. The molecule has 100 valence electrons. The van der Waals surface area contributed by atoms with E-state index in [2.05, 4.69) is 37.9 Å². The fourth-order valence-corrected chi connectivity index (χ4v) is 2.18. The number of H-pyrrole nitrogens is 1. The number of furan rings is 1. The van der Waals surface area contributed by atoms with Crippen LogP contribution in [0.1, 0.15) is 5.76 Å². The number of carbonyl (C=O) groups is 1. The number of aromatic amines is 1. The number of imidazole rings is 1. The molecule has 3 rings (SSSR count). The van der Waals surface area contributed by atoms with Crippen LogP contribution in [-0.4, -0.2) is 15.9 Å². The van der Waals surface area contributed by atoms with Gasteiger partial charge in [-0.3, -0.25) is 10.1 Å². The van der Waals surface area contributed by atoms with Crippen LogP contribution in [-0.2, 0) is 4.79 Å². The van der Waals surface area contributed by atoms with Crippen molar-refractivity contribution in [2.75, 3.05) is 5.32 Å². The molecule has 6 heteroatoms. The first-order valence-corrected chi connectivity index (χ1v) is 6.98. The van der Waals surface area contributed by atoms with E-state index < -0.39 is 0 Å². The molecule has 2 heterocycles. The molecular weight excluding hydrogens is 369 g/mol.